The fraction of sp³-hybridized carbons (Fsp3) is 0.550. The molecular weight excluding hydrogens is 348 g/mol. The standard InChI is InChI=1S/C20H27ClN4O/c1-4-24(5-2)20(26)22-25-12-13-11-17-14(7-6-10-23(17)3)19-15(21)8-9-16(25)18(13)19/h8-9,12,14,17H,4-7,10-11H2,1-3H3,(H,22,26)/t14-,17+/m0/s1. The Morgan fingerprint density at radius 1 is 1.35 bits per heavy atom. The monoisotopic (exact) mass is 374 g/mol. The number of likely N-dealkylation sites (tertiary alicyclic amines) is 1. The minimum absolute atomic E-state index is 0.0660. The number of fused-ring (bicyclic) bond motifs is 2. The summed E-state index contributed by atoms with van der Waals surface area (Å²) in [5, 5.41) is 2.10. The van der Waals surface area contributed by atoms with E-state index in [1.54, 1.807) is 4.90 Å². The maximum Gasteiger partial charge on any atom is 0.336 e. The zero-order chi connectivity index (χ0) is 18.4. The first kappa shape index (κ1) is 17.7. The summed E-state index contributed by atoms with van der Waals surface area (Å²) in [4.78, 5) is 16.8. The van der Waals surface area contributed by atoms with Crippen LogP contribution in [0, 0.1) is 0 Å². The number of hydrogen-bond acceptors (Lipinski definition) is 2. The van der Waals surface area contributed by atoms with Gasteiger partial charge in [-0.05, 0) is 70.0 Å². The lowest BCUT2D eigenvalue weighted by Gasteiger charge is -2.42. The van der Waals surface area contributed by atoms with Crippen molar-refractivity contribution < 1.29 is 4.79 Å². The van der Waals surface area contributed by atoms with Gasteiger partial charge in [-0.15, -0.1) is 0 Å². The first-order valence-electron chi connectivity index (χ1n) is 9.63. The summed E-state index contributed by atoms with van der Waals surface area (Å²) >= 11 is 6.66. The van der Waals surface area contributed by atoms with Gasteiger partial charge in [0.25, 0.3) is 0 Å². The first-order valence-corrected chi connectivity index (χ1v) is 10.0. The van der Waals surface area contributed by atoms with Crippen LogP contribution in [0.15, 0.2) is 18.3 Å². The van der Waals surface area contributed by atoms with Crippen LogP contribution in [0.2, 0.25) is 5.02 Å². The van der Waals surface area contributed by atoms with Crippen molar-refractivity contribution in [1.82, 2.24) is 14.5 Å². The van der Waals surface area contributed by atoms with Crippen LogP contribution >= 0.6 is 11.6 Å². The van der Waals surface area contributed by atoms with E-state index >= 15 is 0 Å². The number of benzene rings is 1. The molecule has 26 heavy (non-hydrogen) atoms. The summed E-state index contributed by atoms with van der Waals surface area (Å²) in [6.45, 7) is 6.52. The zero-order valence-electron chi connectivity index (χ0n) is 15.8. The van der Waals surface area contributed by atoms with Crippen molar-refractivity contribution in [2.45, 2.75) is 45.1 Å². The zero-order valence-corrected chi connectivity index (χ0v) is 16.5. The van der Waals surface area contributed by atoms with E-state index in [1.165, 1.54) is 29.4 Å². The number of aromatic nitrogens is 1. The quantitative estimate of drug-likeness (QED) is 0.880. The van der Waals surface area contributed by atoms with E-state index < -0.39 is 0 Å². The number of carbonyl (C=O) groups excluding carboxylic acids is 1. The van der Waals surface area contributed by atoms with Gasteiger partial charge in [-0.3, -0.25) is 4.68 Å². The SMILES string of the molecule is CCN(CC)C(=O)Nn1cc2c3c(c(Cl)ccc31)[C@H]1CCCN(C)[C@@H]1C2. The van der Waals surface area contributed by atoms with Crippen LogP contribution in [0.5, 0.6) is 0 Å². The lowest BCUT2D eigenvalue weighted by atomic mass is 9.75. The number of rotatable bonds is 3. The van der Waals surface area contributed by atoms with Crippen LogP contribution in [-0.4, -0.2) is 53.2 Å². The Bertz CT molecular complexity index is 842. The Kier molecular flexibility index (Phi) is 4.61. The Hall–Kier alpha value is -1.72. The van der Waals surface area contributed by atoms with Gasteiger partial charge in [-0.2, -0.15) is 0 Å². The van der Waals surface area contributed by atoms with Crippen molar-refractivity contribution in [2.75, 3.05) is 32.1 Å². The number of likely N-dealkylation sites (N-methyl/N-ethyl adjacent to an activating group) is 1. The van der Waals surface area contributed by atoms with Crippen LogP contribution in [0.3, 0.4) is 0 Å². The summed E-state index contributed by atoms with van der Waals surface area (Å²) in [5.74, 6) is 0.479. The fourth-order valence-corrected chi connectivity index (χ4v) is 5.09. The largest absolute Gasteiger partial charge is 0.336 e. The highest BCUT2D eigenvalue weighted by Crippen LogP contribution is 2.46. The van der Waals surface area contributed by atoms with E-state index in [-0.39, 0.29) is 6.03 Å². The van der Waals surface area contributed by atoms with Gasteiger partial charge in [0.05, 0.1) is 5.52 Å². The number of nitrogens with one attached hydrogen (secondary N) is 1. The normalized spacial score (nSPS) is 22.3. The Morgan fingerprint density at radius 2 is 2.12 bits per heavy atom. The van der Waals surface area contributed by atoms with Crippen molar-refractivity contribution >= 4 is 28.5 Å². The molecule has 1 fully saturated rings. The molecule has 1 aliphatic heterocycles. The summed E-state index contributed by atoms with van der Waals surface area (Å²) < 4.78 is 1.89. The van der Waals surface area contributed by atoms with Gasteiger partial charge in [-0.25, -0.2) is 10.2 Å². The molecule has 4 rings (SSSR count). The number of amides is 2. The highest BCUT2D eigenvalue weighted by molar-refractivity contribution is 6.32. The minimum atomic E-state index is -0.0660. The molecule has 1 N–H and O–H groups in total. The highest BCUT2D eigenvalue weighted by atomic mass is 35.5. The van der Waals surface area contributed by atoms with Gasteiger partial charge in [-0.1, -0.05) is 11.6 Å². The highest BCUT2D eigenvalue weighted by Gasteiger charge is 2.38. The number of halogens is 1. The second-order valence-corrected chi connectivity index (χ2v) is 7.88. The van der Waals surface area contributed by atoms with E-state index in [1.807, 2.05) is 30.7 Å². The van der Waals surface area contributed by atoms with E-state index in [4.69, 9.17) is 11.6 Å². The van der Waals surface area contributed by atoms with Gasteiger partial charge < -0.3 is 9.80 Å². The molecule has 0 saturated carbocycles. The molecule has 0 radical (unpaired) electrons. The van der Waals surface area contributed by atoms with E-state index in [9.17, 15) is 4.79 Å². The van der Waals surface area contributed by atoms with Crippen LogP contribution in [0.1, 0.15) is 43.7 Å². The molecule has 1 aliphatic carbocycles. The molecular formula is C20H27ClN4O. The second kappa shape index (κ2) is 6.78. The Morgan fingerprint density at radius 3 is 2.85 bits per heavy atom. The van der Waals surface area contributed by atoms with E-state index in [0.717, 1.165) is 23.5 Å². The van der Waals surface area contributed by atoms with Gasteiger partial charge in [0, 0.05) is 41.7 Å². The van der Waals surface area contributed by atoms with Crippen LogP contribution in [0.25, 0.3) is 10.9 Å². The fourth-order valence-electron chi connectivity index (χ4n) is 4.79. The number of piperidine rings is 1. The van der Waals surface area contributed by atoms with Crippen LogP contribution < -0.4 is 5.43 Å². The molecule has 2 heterocycles. The molecule has 5 nitrogen and oxygen atoms in total. The average molecular weight is 375 g/mol. The van der Waals surface area contributed by atoms with Crippen molar-refractivity contribution in [1.29, 1.82) is 0 Å². The summed E-state index contributed by atoms with van der Waals surface area (Å²) in [5.41, 5.74) is 6.66. The molecule has 1 saturated heterocycles. The molecule has 140 valence electrons. The maximum absolute atomic E-state index is 12.5. The van der Waals surface area contributed by atoms with Gasteiger partial charge in [0.1, 0.15) is 0 Å². The summed E-state index contributed by atoms with van der Waals surface area (Å²) in [7, 11) is 2.22. The second-order valence-electron chi connectivity index (χ2n) is 7.47. The number of nitrogens with zero attached hydrogens (tertiary/aromatic N) is 3. The predicted octanol–water partition coefficient (Wildman–Crippen LogP) is 4.03. The third-order valence-corrected chi connectivity index (χ3v) is 6.49. The minimum Gasteiger partial charge on any atom is -0.324 e. The van der Waals surface area contributed by atoms with E-state index in [0.29, 0.717) is 25.0 Å². The molecule has 0 unspecified atom stereocenters. The lowest BCUT2D eigenvalue weighted by molar-refractivity contribution is 0.157. The van der Waals surface area contributed by atoms with Crippen molar-refractivity contribution in [3.05, 3.63) is 34.5 Å². The molecule has 2 aliphatic rings. The lowest BCUT2D eigenvalue weighted by Crippen LogP contribution is -2.44. The molecule has 1 aromatic heterocycles. The third-order valence-electron chi connectivity index (χ3n) is 6.16. The smallest absolute Gasteiger partial charge is 0.324 e. The third kappa shape index (κ3) is 2.69. The predicted molar refractivity (Wildman–Crippen MR) is 107 cm³/mol. The van der Waals surface area contributed by atoms with Crippen LogP contribution in [0.4, 0.5) is 4.79 Å². The molecule has 1 aromatic carbocycles. The number of urea groups is 1. The number of hydrogen-bond donors (Lipinski definition) is 1. The molecule has 2 aromatic rings. The van der Waals surface area contributed by atoms with Crippen LogP contribution in [-0.2, 0) is 6.42 Å². The molecule has 6 heteroatoms. The van der Waals surface area contributed by atoms with E-state index in [2.05, 4.69) is 23.6 Å². The van der Waals surface area contributed by atoms with Crippen molar-refractivity contribution in [3.63, 3.8) is 0 Å². The summed E-state index contributed by atoms with van der Waals surface area (Å²) in [6, 6.07) is 4.44. The Labute approximate surface area is 159 Å². The molecule has 2 atom stereocenters. The van der Waals surface area contributed by atoms with Gasteiger partial charge >= 0.3 is 6.03 Å². The van der Waals surface area contributed by atoms with Crippen molar-refractivity contribution in [3.8, 4) is 0 Å². The van der Waals surface area contributed by atoms with Crippen molar-refractivity contribution in [2.24, 2.45) is 0 Å². The molecule has 0 bridgehead atoms. The Balaban J connectivity index is 1.79. The molecule has 2 amide bonds. The number of carbonyl (C=O) groups is 1. The van der Waals surface area contributed by atoms with Gasteiger partial charge in [0.15, 0.2) is 0 Å². The summed E-state index contributed by atoms with van der Waals surface area (Å²) in [6.07, 6.45) is 5.49. The first-order chi connectivity index (χ1) is 12.5. The average Bonchev–Trinajstić information content (AvgIpc) is 2.97. The topological polar surface area (TPSA) is 40.5 Å². The van der Waals surface area contributed by atoms with Gasteiger partial charge in [0.2, 0.25) is 0 Å². The maximum atomic E-state index is 12.5. The molecule has 0 spiro atoms.